The van der Waals surface area contributed by atoms with Crippen molar-refractivity contribution in [3.63, 3.8) is 0 Å². The first-order chi connectivity index (χ1) is 13.3. The molecule has 4 aromatic rings. The number of rotatable bonds is 3. The zero-order chi connectivity index (χ0) is 18.2. The lowest BCUT2D eigenvalue weighted by Crippen LogP contribution is -2.15. The number of fused-ring (bicyclic) bond motifs is 2. The molecule has 27 heavy (non-hydrogen) atoms. The first-order valence-corrected chi connectivity index (χ1v) is 9.54. The fraction of sp³-hybridized carbons (Fsp3) is 0.143. The van der Waals surface area contributed by atoms with Crippen LogP contribution in [0.5, 0.6) is 11.5 Å². The third kappa shape index (κ3) is 2.64. The van der Waals surface area contributed by atoms with Gasteiger partial charge in [-0.05, 0) is 18.2 Å². The van der Waals surface area contributed by atoms with Gasteiger partial charge in [-0.1, -0.05) is 30.3 Å². The molecule has 0 saturated carbocycles. The summed E-state index contributed by atoms with van der Waals surface area (Å²) in [5, 5.41) is 11.5. The summed E-state index contributed by atoms with van der Waals surface area (Å²) in [4.78, 5) is 5.69. The van der Waals surface area contributed by atoms with E-state index < -0.39 is 0 Å². The Morgan fingerprint density at radius 2 is 1.85 bits per heavy atom. The van der Waals surface area contributed by atoms with Crippen molar-refractivity contribution in [2.24, 2.45) is 0 Å². The topological polar surface area (TPSA) is 59.5 Å². The van der Waals surface area contributed by atoms with Gasteiger partial charge in [-0.25, -0.2) is 4.98 Å². The average Bonchev–Trinajstić information content (AvgIpc) is 3.29. The highest BCUT2D eigenvalue weighted by Gasteiger charge is 2.20. The second-order valence-corrected chi connectivity index (χ2v) is 7.04. The maximum atomic E-state index is 9.40. The molecule has 0 atom stereocenters. The predicted molar refractivity (Wildman–Crippen MR) is 104 cm³/mol. The normalized spacial score (nSPS) is 12.9. The second kappa shape index (κ2) is 6.45. The van der Waals surface area contributed by atoms with E-state index in [2.05, 4.69) is 15.8 Å². The summed E-state index contributed by atoms with van der Waals surface area (Å²) < 4.78 is 13.4. The number of hydrogen-bond donors (Lipinski definition) is 0. The van der Waals surface area contributed by atoms with E-state index in [1.54, 1.807) is 11.3 Å². The number of benzene rings is 2. The van der Waals surface area contributed by atoms with Crippen molar-refractivity contribution in [2.75, 3.05) is 13.2 Å². The third-order valence-corrected chi connectivity index (χ3v) is 5.42. The molecule has 2 aromatic carbocycles. The highest BCUT2D eigenvalue weighted by molar-refractivity contribution is 7.15. The van der Waals surface area contributed by atoms with Crippen LogP contribution in [-0.2, 0) is 6.42 Å². The molecule has 0 amide bonds. The Balaban J connectivity index is 1.70. The first-order valence-electron chi connectivity index (χ1n) is 8.66. The second-order valence-electron chi connectivity index (χ2n) is 6.21. The summed E-state index contributed by atoms with van der Waals surface area (Å²) in [6, 6.07) is 18.2. The van der Waals surface area contributed by atoms with E-state index in [1.807, 2.05) is 48.5 Å². The standard InChI is InChI=1S/C21H15N3O2S/c22-9-8-16-20(14-4-2-1-3-5-14)23-21-24(16)17(13-27-21)15-6-7-18-19(12-15)26-11-10-25-18/h1-7,12-13H,8,10-11H2. The molecule has 0 saturated heterocycles. The van der Waals surface area contributed by atoms with Crippen LogP contribution in [0.15, 0.2) is 53.9 Å². The van der Waals surface area contributed by atoms with E-state index >= 15 is 0 Å². The molecular formula is C21H15N3O2S. The van der Waals surface area contributed by atoms with Crippen molar-refractivity contribution in [3.8, 4) is 40.1 Å². The molecule has 0 N–H and O–H groups in total. The molecule has 1 aliphatic heterocycles. The van der Waals surface area contributed by atoms with Crippen LogP contribution in [0.4, 0.5) is 0 Å². The molecule has 0 bridgehead atoms. The van der Waals surface area contributed by atoms with Gasteiger partial charge in [-0.3, -0.25) is 4.40 Å². The average molecular weight is 373 g/mol. The van der Waals surface area contributed by atoms with Crippen molar-refractivity contribution < 1.29 is 9.47 Å². The Labute approximate surface area is 160 Å². The third-order valence-electron chi connectivity index (χ3n) is 4.59. The summed E-state index contributed by atoms with van der Waals surface area (Å²) in [6.45, 7) is 1.13. The van der Waals surface area contributed by atoms with E-state index in [9.17, 15) is 5.26 Å². The summed E-state index contributed by atoms with van der Waals surface area (Å²) >= 11 is 1.57. The lowest BCUT2D eigenvalue weighted by molar-refractivity contribution is 0.171. The highest BCUT2D eigenvalue weighted by Crippen LogP contribution is 2.38. The molecule has 5 nitrogen and oxygen atoms in total. The lowest BCUT2D eigenvalue weighted by atomic mass is 10.1. The monoisotopic (exact) mass is 373 g/mol. The summed E-state index contributed by atoms with van der Waals surface area (Å²) in [5.41, 5.74) is 4.81. The smallest absolute Gasteiger partial charge is 0.194 e. The van der Waals surface area contributed by atoms with Crippen LogP contribution in [0.3, 0.4) is 0 Å². The van der Waals surface area contributed by atoms with Gasteiger partial charge in [-0.15, -0.1) is 11.3 Å². The largest absolute Gasteiger partial charge is 0.486 e. The van der Waals surface area contributed by atoms with Crippen LogP contribution in [0.25, 0.3) is 27.5 Å². The van der Waals surface area contributed by atoms with Gasteiger partial charge in [0.1, 0.15) is 13.2 Å². The van der Waals surface area contributed by atoms with Crippen molar-refractivity contribution in [2.45, 2.75) is 6.42 Å². The molecule has 0 radical (unpaired) electrons. The number of hydrogen-bond acceptors (Lipinski definition) is 5. The fourth-order valence-electron chi connectivity index (χ4n) is 3.38. The number of imidazole rings is 1. The van der Waals surface area contributed by atoms with Gasteiger partial charge in [-0.2, -0.15) is 5.26 Å². The summed E-state index contributed by atoms with van der Waals surface area (Å²) in [7, 11) is 0. The minimum absolute atomic E-state index is 0.291. The van der Waals surface area contributed by atoms with E-state index in [-0.39, 0.29) is 0 Å². The van der Waals surface area contributed by atoms with Crippen LogP contribution in [0, 0.1) is 11.3 Å². The molecule has 0 unspecified atom stereocenters. The summed E-state index contributed by atoms with van der Waals surface area (Å²) in [6.07, 6.45) is 0.291. The zero-order valence-corrected chi connectivity index (χ0v) is 15.2. The molecule has 0 fully saturated rings. The molecule has 6 heteroatoms. The van der Waals surface area contributed by atoms with Crippen LogP contribution < -0.4 is 9.47 Å². The molecular weight excluding hydrogens is 358 g/mol. The van der Waals surface area contributed by atoms with E-state index in [0.717, 1.165) is 44.7 Å². The van der Waals surface area contributed by atoms with Crippen LogP contribution >= 0.6 is 11.3 Å². The number of nitrogens with zero attached hydrogens (tertiary/aromatic N) is 3. The van der Waals surface area contributed by atoms with Crippen LogP contribution in [0.2, 0.25) is 0 Å². The Hall–Kier alpha value is -3.30. The molecule has 5 rings (SSSR count). The van der Waals surface area contributed by atoms with Gasteiger partial charge in [0.25, 0.3) is 0 Å². The highest BCUT2D eigenvalue weighted by atomic mass is 32.1. The van der Waals surface area contributed by atoms with Gasteiger partial charge in [0, 0.05) is 16.5 Å². The van der Waals surface area contributed by atoms with E-state index in [1.165, 1.54) is 0 Å². The SMILES string of the molecule is N#CCc1c(-c2ccccc2)nc2scc(-c3ccc4c(c3)OCCO4)n12. The number of ether oxygens (including phenoxy) is 2. The quantitative estimate of drug-likeness (QED) is 0.528. The van der Waals surface area contributed by atoms with Crippen molar-refractivity contribution in [1.82, 2.24) is 9.38 Å². The molecule has 0 spiro atoms. The van der Waals surface area contributed by atoms with Crippen molar-refractivity contribution >= 4 is 16.3 Å². The van der Waals surface area contributed by atoms with E-state index in [0.29, 0.717) is 19.6 Å². The maximum Gasteiger partial charge on any atom is 0.194 e. The Kier molecular flexibility index (Phi) is 3.80. The Bertz CT molecular complexity index is 1170. The fourth-order valence-corrected chi connectivity index (χ4v) is 4.30. The minimum Gasteiger partial charge on any atom is -0.486 e. The van der Waals surface area contributed by atoms with E-state index in [4.69, 9.17) is 14.5 Å². The Morgan fingerprint density at radius 3 is 2.67 bits per heavy atom. The zero-order valence-electron chi connectivity index (χ0n) is 14.4. The molecule has 0 aliphatic carbocycles. The number of nitriles is 1. The van der Waals surface area contributed by atoms with Crippen molar-refractivity contribution in [1.29, 1.82) is 5.26 Å². The lowest BCUT2D eigenvalue weighted by Gasteiger charge is -2.18. The number of thiazole rings is 1. The molecule has 1 aliphatic rings. The first kappa shape index (κ1) is 15.9. The van der Waals surface area contributed by atoms with Crippen LogP contribution in [0.1, 0.15) is 5.69 Å². The molecule has 2 aromatic heterocycles. The minimum atomic E-state index is 0.291. The molecule has 132 valence electrons. The summed E-state index contributed by atoms with van der Waals surface area (Å²) in [5.74, 6) is 1.52. The predicted octanol–water partition coefficient (Wildman–Crippen LogP) is 4.57. The maximum absolute atomic E-state index is 9.40. The van der Waals surface area contributed by atoms with Gasteiger partial charge in [0.05, 0.1) is 29.6 Å². The van der Waals surface area contributed by atoms with Gasteiger partial charge in [0.15, 0.2) is 16.5 Å². The van der Waals surface area contributed by atoms with Gasteiger partial charge < -0.3 is 9.47 Å². The molecule has 3 heterocycles. The van der Waals surface area contributed by atoms with Gasteiger partial charge in [0.2, 0.25) is 0 Å². The number of aromatic nitrogens is 2. The van der Waals surface area contributed by atoms with Crippen molar-refractivity contribution in [3.05, 3.63) is 59.6 Å². The van der Waals surface area contributed by atoms with Gasteiger partial charge >= 0.3 is 0 Å². The Morgan fingerprint density at radius 1 is 1.04 bits per heavy atom. The van der Waals surface area contributed by atoms with Crippen LogP contribution in [-0.4, -0.2) is 22.6 Å².